The lowest BCUT2D eigenvalue weighted by Gasteiger charge is -2.19. The van der Waals surface area contributed by atoms with Crippen LogP contribution < -0.4 is 15.8 Å². The lowest BCUT2D eigenvalue weighted by Crippen LogP contribution is -2.33. The van der Waals surface area contributed by atoms with Crippen molar-refractivity contribution < 1.29 is 24.8 Å². The van der Waals surface area contributed by atoms with E-state index in [4.69, 9.17) is 15.2 Å². The number of aromatic nitrogens is 4. The summed E-state index contributed by atoms with van der Waals surface area (Å²) in [7, 11) is 0. The van der Waals surface area contributed by atoms with Crippen LogP contribution in [0.25, 0.3) is 22.3 Å². The Kier molecular flexibility index (Phi) is 6.70. The van der Waals surface area contributed by atoms with E-state index in [-0.39, 0.29) is 5.82 Å². The van der Waals surface area contributed by atoms with Crippen LogP contribution in [0.4, 0.5) is 11.8 Å². The molecule has 0 aliphatic carbocycles. The summed E-state index contributed by atoms with van der Waals surface area (Å²) in [6.07, 6.45) is -3.25. The van der Waals surface area contributed by atoms with Gasteiger partial charge in [-0.2, -0.15) is 0 Å². The van der Waals surface area contributed by atoms with Gasteiger partial charge in [0.15, 0.2) is 23.2 Å². The minimum Gasteiger partial charge on any atom is -0.494 e. The number of nitrogens with one attached hydrogen (secondary N) is 1. The molecule has 2 aromatic heterocycles. The number of aliphatic hydroxyl groups excluding tert-OH is 3. The van der Waals surface area contributed by atoms with Crippen molar-refractivity contribution >= 4 is 22.9 Å². The molecule has 4 aromatic rings. The molecule has 6 N–H and O–H groups in total. The van der Waals surface area contributed by atoms with E-state index in [0.717, 1.165) is 22.4 Å². The van der Waals surface area contributed by atoms with Gasteiger partial charge in [0.1, 0.15) is 30.4 Å². The quantitative estimate of drug-likeness (QED) is 0.245. The predicted octanol–water partition coefficient (Wildman–Crippen LogP) is 1.70. The third-order valence-corrected chi connectivity index (χ3v) is 6.16. The van der Waals surface area contributed by atoms with Crippen molar-refractivity contribution in [1.82, 2.24) is 19.5 Å². The first-order chi connectivity index (χ1) is 17.5. The number of nitrogens with zero attached hydrogens (tertiary/aromatic N) is 4. The lowest BCUT2D eigenvalue weighted by molar-refractivity contribution is -0.0501. The van der Waals surface area contributed by atoms with Gasteiger partial charge in [0.25, 0.3) is 0 Å². The molecule has 0 amide bonds. The molecule has 188 valence electrons. The number of hydrogen-bond acceptors (Lipinski definition) is 10. The highest BCUT2D eigenvalue weighted by Crippen LogP contribution is 2.35. The molecule has 0 unspecified atom stereocenters. The third kappa shape index (κ3) is 4.44. The van der Waals surface area contributed by atoms with Gasteiger partial charge in [-0.15, -0.1) is 0 Å². The van der Waals surface area contributed by atoms with Gasteiger partial charge in [0.05, 0.1) is 13.2 Å². The molecule has 1 saturated heterocycles. The highest BCUT2D eigenvalue weighted by Gasteiger charge is 2.45. The molecule has 11 nitrogen and oxygen atoms in total. The smallest absolute Gasteiger partial charge is 0.207 e. The number of anilines is 2. The minimum atomic E-state index is -1.30. The summed E-state index contributed by atoms with van der Waals surface area (Å²) in [5.74, 6) is 1.33. The topological polar surface area (TPSA) is 161 Å². The zero-order valence-corrected chi connectivity index (χ0v) is 19.7. The molecular weight excluding hydrogens is 464 g/mol. The number of nitrogen functional groups attached to an aromatic ring is 1. The number of fused-ring (bicyclic) bond motifs is 1. The Bertz CT molecular complexity index is 1340. The zero-order chi connectivity index (χ0) is 25.2. The first kappa shape index (κ1) is 23.9. The summed E-state index contributed by atoms with van der Waals surface area (Å²) in [6, 6.07) is 16.0. The number of benzene rings is 2. The van der Waals surface area contributed by atoms with Gasteiger partial charge < -0.3 is 35.8 Å². The molecule has 0 radical (unpaired) electrons. The highest BCUT2D eigenvalue weighted by atomic mass is 16.6. The van der Waals surface area contributed by atoms with Gasteiger partial charge in [0.2, 0.25) is 5.95 Å². The Morgan fingerprint density at radius 1 is 1.08 bits per heavy atom. The van der Waals surface area contributed by atoms with Crippen LogP contribution in [0.5, 0.6) is 5.75 Å². The molecule has 11 heteroatoms. The number of aliphatic hydroxyl groups is 3. The second-order valence-corrected chi connectivity index (χ2v) is 8.48. The minimum absolute atomic E-state index is 0.173. The van der Waals surface area contributed by atoms with Crippen molar-refractivity contribution in [1.29, 1.82) is 0 Å². The molecule has 36 heavy (non-hydrogen) atoms. The normalized spacial score (nSPS) is 21.7. The average molecular weight is 493 g/mol. The fourth-order valence-corrected chi connectivity index (χ4v) is 4.31. The number of rotatable bonds is 8. The van der Waals surface area contributed by atoms with E-state index >= 15 is 0 Å². The van der Waals surface area contributed by atoms with E-state index in [1.165, 1.54) is 10.9 Å². The van der Waals surface area contributed by atoms with Crippen LogP contribution in [0.15, 0.2) is 54.9 Å². The van der Waals surface area contributed by atoms with Crippen LogP contribution in [0, 0.1) is 0 Å². The molecular formula is C25H28N6O5. The van der Waals surface area contributed by atoms with Gasteiger partial charge >= 0.3 is 0 Å². The van der Waals surface area contributed by atoms with Crippen LogP contribution >= 0.6 is 0 Å². The van der Waals surface area contributed by atoms with Crippen molar-refractivity contribution in [3.05, 3.63) is 60.4 Å². The average Bonchev–Trinajstić information content (AvgIpc) is 3.40. The molecule has 0 bridgehead atoms. The first-order valence-electron chi connectivity index (χ1n) is 11.7. The molecule has 3 heterocycles. The Balaban J connectivity index is 1.40. The van der Waals surface area contributed by atoms with E-state index in [2.05, 4.69) is 20.3 Å². The molecule has 1 aliphatic rings. The van der Waals surface area contributed by atoms with Crippen molar-refractivity contribution in [3.63, 3.8) is 0 Å². The maximum Gasteiger partial charge on any atom is 0.207 e. The van der Waals surface area contributed by atoms with Gasteiger partial charge in [-0.1, -0.05) is 36.4 Å². The molecule has 1 aliphatic heterocycles. The van der Waals surface area contributed by atoms with E-state index in [0.29, 0.717) is 30.3 Å². The summed E-state index contributed by atoms with van der Waals surface area (Å²) >= 11 is 0. The molecule has 2 aromatic carbocycles. The Hall–Kier alpha value is -3.77. The van der Waals surface area contributed by atoms with Crippen molar-refractivity contribution in [2.75, 3.05) is 24.3 Å². The standard InChI is InChI=1S/C25H28N6O5/c1-2-35-17-5-3-4-16(10-17)15-8-6-14(7-9-15)11-27-25-30-19-22(26)28-13-29-23(19)31(25)24-21(34)20(33)18(12-32)36-24/h3-10,13,18,20-21,24,32-34H,2,11-12H2,1H3,(H,27,30)(H2,26,28,29)/t18-,20-,21-,24-/m1/s1. The van der Waals surface area contributed by atoms with E-state index in [9.17, 15) is 15.3 Å². The monoisotopic (exact) mass is 492 g/mol. The van der Waals surface area contributed by atoms with E-state index in [1.54, 1.807) is 0 Å². The third-order valence-electron chi connectivity index (χ3n) is 6.16. The first-order valence-corrected chi connectivity index (χ1v) is 11.7. The number of ether oxygens (including phenoxy) is 2. The summed E-state index contributed by atoms with van der Waals surface area (Å²) in [6.45, 7) is 2.53. The van der Waals surface area contributed by atoms with Crippen LogP contribution in [-0.4, -0.2) is 66.4 Å². The van der Waals surface area contributed by atoms with Gasteiger partial charge in [-0.3, -0.25) is 4.57 Å². The Morgan fingerprint density at radius 2 is 1.89 bits per heavy atom. The SMILES string of the molecule is CCOc1cccc(-c2ccc(CNc3nc4c(N)ncnc4n3[C@@H]3O[C@H](CO)[C@@H](O)[C@H]3O)cc2)c1. The van der Waals surface area contributed by atoms with Crippen molar-refractivity contribution in [2.24, 2.45) is 0 Å². The molecule has 5 rings (SSSR count). The van der Waals surface area contributed by atoms with Gasteiger partial charge in [0, 0.05) is 6.54 Å². The van der Waals surface area contributed by atoms with E-state index < -0.39 is 31.1 Å². The summed E-state index contributed by atoms with van der Waals surface area (Å²) in [5.41, 5.74) is 9.78. The second kappa shape index (κ2) is 10.1. The molecule has 4 atom stereocenters. The van der Waals surface area contributed by atoms with Gasteiger partial charge in [-0.25, -0.2) is 15.0 Å². The molecule has 1 fully saturated rings. The highest BCUT2D eigenvalue weighted by molar-refractivity contribution is 5.84. The maximum absolute atomic E-state index is 10.6. The Labute approximate surface area is 207 Å². The zero-order valence-electron chi connectivity index (χ0n) is 19.7. The van der Waals surface area contributed by atoms with Crippen LogP contribution in [0.3, 0.4) is 0 Å². The second-order valence-electron chi connectivity index (χ2n) is 8.48. The van der Waals surface area contributed by atoms with Crippen LogP contribution in [0.1, 0.15) is 18.7 Å². The van der Waals surface area contributed by atoms with E-state index in [1.807, 2.05) is 55.5 Å². The fraction of sp³-hybridized carbons (Fsp3) is 0.320. The maximum atomic E-state index is 10.6. The Morgan fingerprint density at radius 3 is 2.61 bits per heavy atom. The molecule has 0 spiro atoms. The molecule has 0 saturated carbocycles. The van der Waals surface area contributed by atoms with Crippen LogP contribution in [-0.2, 0) is 11.3 Å². The summed E-state index contributed by atoms with van der Waals surface area (Å²) in [5, 5.41) is 33.6. The number of hydrogen-bond donors (Lipinski definition) is 5. The van der Waals surface area contributed by atoms with Gasteiger partial charge in [-0.05, 0) is 35.7 Å². The lowest BCUT2D eigenvalue weighted by atomic mass is 10.0. The summed E-state index contributed by atoms with van der Waals surface area (Å²) < 4.78 is 12.9. The predicted molar refractivity (Wildman–Crippen MR) is 133 cm³/mol. The number of imidazole rings is 1. The van der Waals surface area contributed by atoms with Crippen molar-refractivity contribution in [2.45, 2.75) is 38.0 Å². The summed E-state index contributed by atoms with van der Waals surface area (Å²) in [4.78, 5) is 12.8. The van der Waals surface area contributed by atoms with Crippen LogP contribution in [0.2, 0.25) is 0 Å². The largest absolute Gasteiger partial charge is 0.494 e. The fourth-order valence-electron chi connectivity index (χ4n) is 4.31. The van der Waals surface area contributed by atoms with Crippen molar-refractivity contribution in [3.8, 4) is 16.9 Å². The number of nitrogens with two attached hydrogens (primary N) is 1.